The Balaban J connectivity index is 2.53. The van der Waals surface area contributed by atoms with Gasteiger partial charge in [-0.25, -0.2) is 0 Å². The second-order valence-corrected chi connectivity index (χ2v) is 3.77. The van der Waals surface area contributed by atoms with E-state index in [1.165, 1.54) is 0 Å². The van der Waals surface area contributed by atoms with Crippen molar-refractivity contribution in [2.75, 3.05) is 7.11 Å². The first-order valence-electron chi connectivity index (χ1n) is 5.56. The van der Waals surface area contributed by atoms with Gasteiger partial charge in [-0.05, 0) is 35.7 Å². The molecule has 0 saturated carbocycles. The smallest absolute Gasteiger partial charge is 0.144 e. The fourth-order valence-corrected chi connectivity index (χ4v) is 1.82. The number of hydrogen-bond donors (Lipinski definition) is 1. The lowest BCUT2D eigenvalue weighted by molar-refractivity contribution is 0.414. The summed E-state index contributed by atoms with van der Waals surface area (Å²) in [6.45, 7) is 2.02. The second kappa shape index (κ2) is 4.87. The topological polar surface area (TPSA) is 42.4 Å². The average molecular weight is 229 g/mol. The first-order valence-corrected chi connectivity index (χ1v) is 5.56. The van der Waals surface area contributed by atoms with Crippen LogP contribution in [0.4, 0.5) is 0 Å². The minimum atomic E-state index is 0.337. The number of aryl methyl sites for hydroxylation is 1. The molecule has 0 aliphatic carbocycles. The summed E-state index contributed by atoms with van der Waals surface area (Å²) in [4.78, 5) is 4.03. The van der Waals surface area contributed by atoms with Gasteiger partial charge >= 0.3 is 0 Å². The van der Waals surface area contributed by atoms with Crippen LogP contribution >= 0.6 is 0 Å². The predicted molar refractivity (Wildman–Crippen MR) is 67.3 cm³/mol. The number of phenolic OH excluding ortho intramolecular Hbond substituents is 1. The lowest BCUT2D eigenvalue weighted by Gasteiger charge is -2.09. The van der Waals surface area contributed by atoms with Gasteiger partial charge in [0.15, 0.2) is 0 Å². The van der Waals surface area contributed by atoms with Gasteiger partial charge in [0.1, 0.15) is 11.5 Å². The third-order valence-corrected chi connectivity index (χ3v) is 2.78. The van der Waals surface area contributed by atoms with E-state index >= 15 is 0 Å². The summed E-state index contributed by atoms with van der Waals surface area (Å²) in [6, 6.07) is 7.48. The van der Waals surface area contributed by atoms with E-state index in [9.17, 15) is 5.11 Å². The molecule has 0 saturated heterocycles. The maximum Gasteiger partial charge on any atom is 0.144 e. The van der Waals surface area contributed by atoms with Crippen molar-refractivity contribution in [3.05, 3.63) is 42.2 Å². The second-order valence-electron chi connectivity index (χ2n) is 3.77. The molecule has 2 rings (SSSR count). The molecule has 17 heavy (non-hydrogen) atoms. The molecule has 0 bridgehead atoms. The van der Waals surface area contributed by atoms with Gasteiger partial charge in [0.25, 0.3) is 0 Å². The Kier molecular flexibility index (Phi) is 3.28. The lowest BCUT2D eigenvalue weighted by atomic mass is 10.0. The first-order chi connectivity index (χ1) is 8.26. The summed E-state index contributed by atoms with van der Waals surface area (Å²) in [7, 11) is 1.63. The SMILES string of the molecule is CCc1cc(-c2ccncc2OC)ccc1O. The van der Waals surface area contributed by atoms with Crippen LogP contribution in [0.5, 0.6) is 11.5 Å². The van der Waals surface area contributed by atoms with Crippen LogP contribution in [0, 0.1) is 0 Å². The minimum Gasteiger partial charge on any atom is -0.508 e. The molecule has 0 aliphatic heterocycles. The van der Waals surface area contributed by atoms with Gasteiger partial charge in [0.05, 0.1) is 13.3 Å². The number of pyridine rings is 1. The maximum absolute atomic E-state index is 9.66. The van der Waals surface area contributed by atoms with Crippen molar-refractivity contribution in [3.8, 4) is 22.6 Å². The number of nitrogens with zero attached hydrogens (tertiary/aromatic N) is 1. The van der Waals surface area contributed by atoms with Crippen molar-refractivity contribution in [1.82, 2.24) is 4.98 Å². The summed E-state index contributed by atoms with van der Waals surface area (Å²) in [5.41, 5.74) is 2.94. The fourth-order valence-electron chi connectivity index (χ4n) is 1.82. The van der Waals surface area contributed by atoms with E-state index in [4.69, 9.17) is 4.74 Å². The number of ether oxygens (including phenoxy) is 1. The first kappa shape index (κ1) is 11.5. The molecular formula is C14H15NO2. The normalized spacial score (nSPS) is 10.2. The van der Waals surface area contributed by atoms with Crippen molar-refractivity contribution in [3.63, 3.8) is 0 Å². The summed E-state index contributed by atoms with van der Waals surface area (Å²) in [5, 5.41) is 9.66. The van der Waals surface area contributed by atoms with Crippen LogP contribution in [-0.4, -0.2) is 17.2 Å². The van der Waals surface area contributed by atoms with E-state index in [1.807, 2.05) is 25.1 Å². The third-order valence-electron chi connectivity index (χ3n) is 2.78. The summed E-state index contributed by atoms with van der Waals surface area (Å²) in [5.74, 6) is 1.07. The molecule has 1 heterocycles. The molecule has 0 spiro atoms. The Morgan fingerprint density at radius 3 is 2.82 bits per heavy atom. The number of benzene rings is 1. The highest BCUT2D eigenvalue weighted by molar-refractivity contribution is 5.71. The van der Waals surface area contributed by atoms with E-state index < -0.39 is 0 Å². The summed E-state index contributed by atoms with van der Waals surface area (Å²) in [6.07, 6.45) is 4.22. The molecule has 88 valence electrons. The molecule has 0 atom stereocenters. The zero-order chi connectivity index (χ0) is 12.3. The summed E-state index contributed by atoms with van der Waals surface area (Å²) >= 11 is 0. The van der Waals surface area contributed by atoms with Gasteiger partial charge < -0.3 is 9.84 Å². The van der Waals surface area contributed by atoms with Crippen LogP contribution < -0.4 is 4.74 Å². The van der Waals surface area contributed by atoms with E-state index in [1.54, 1.807) is 25.6 Å². The molecule has 1 aromatic heterocycles. The average Bonchev–Trinajstić information content (AvgIpc) is 2.39. The molecule has 2 aromatic rings. The Labute approximate surface area is 101 Å². The van der Waals surface area contributed by atoms with Gasteiger partial charge in [-0.1, -0.05) is 13.0 Å². The van der Waals surface area contributed by atoms with Crippen molar-refractivity contribution in [2.24, 2.45) is 0 Å². The lowest BCUT2D eigenvalue weighted by Crippen LogP contribution is -1.90. The van der Waals surface area contributed by atoms with Crippen LogP contribution in [0.1, 0.15) is 12.5 Å². The molecule has 0 aliphatic rings. The van der Waals surface area contributed by atoms with E-state index in [0.29, 0.717) is 5.75 Å². The standard InChI is InChI=1S/C14H15NO2/c1-3-10-8-11(4-5-13(10)16)12-6-7-15-9-14(12)17-2/h4-9,16H,3H2,1-2H3. The summed E-state index contributed by atoms with van der Waals surface area (Å²) < 4.78 is 5.28. The number of phenols is 1. The van der Waals surface area contributed by atoms with Gasteiger partial charge in [0.2, 0.25) is 0 Å². The molecule has 1 N–H and O–H groups in total. The Morgan fingerprint density at radius 2 is 2.12 bits per heavy atom. The molecule has 0 fully saturated rings. The van der Waals surface area contributed by atoms with Gasteiger partial charge in [-0.15, -0.1) is 0 Å². The minimum absolute atomic E-state index is 0.337. The molecular weight excluding hydrogens is 214 g/mol. The molecule has 1 aromatic carbocycles. The van der Waals surface area contributed by atoms with Crippen LogP contribution in [0.15, 0.2) is 36.7 Å². The Morgan fingerprint density at radius 1 is 1.29 bits per heavy atom. The monoisotopic (exact) mass is 229 g/mol. The Bertz CT molecular complexity index is 523. The largest absolute Gasteiger partial charge is 0.508 e. The number of hydrogen-bond acceptors (Lipinski definition) is 3. The highest BCUT2D eigenvalue weighted by Gasteiger charge is 2.07. The molecule has 0 unspecified atom stereocenters. The predicted octanol–water partition coefficient (Wildman–Crippen LogP) is 3.03. The quantitative estimate of drug-likeness (QED) is 0.879. The third kappa shape index (κ3) is 2.23. The fraction of sp³-hybridized carbons (Fsp3) is 0.214. The number of aromatic hydroxyl groups is 1. The van der Waals surface area contributed by atoms with E-state index in [0.717, 1.165) is 28.9 Å². The molecule has 0 radical (unpaired) electrons. The van der Waals surface area contributed by atoms with Crippen LogP contribution in [0.2, 0.25) is 0 Å². The number of aromatic nitrogens is 1. The van der Waals surface area contributed by atoms with Crippen molar-refractivity contribution in [2.45, 2.75) is 13.3 Å². The highest BCUT2D eigenvalue weighted by Crippen LogP contribution is 2.31. The zero-order valence-corrected chi connectivity index (χ0v) is 9.97. The molecule has 3 nitrogen and oxygen atoms in total. The van der Waals surface area contributed by atoms with E-state index in [-0.39, 0.29) is 0 Å². The van der Waals surface area contributed by atoms with Crippen LogP contribution in [0.3, 0.4) is 0 Å². The van der Waals surface area contributed by atoms with Gasteiger partial charge in [-0.3, -0.25) is 4.98 Å². The van der Waals surface area contributed by atoms with Gasteiger partial charge in [0, 0.05) is 11.8 Å². The van der Waals surface area contributed by atoms with E-state index in [2.05, 4.69) is 4.98 Å². The number of methoxy groups -OCH3 is 1. The molecule has 3 heteroatoms. The highest BCUT2D eigenvalue weighted by atomic mass is 16.5. The Hall–Kier alpha value is -2.03. The zero-order valence-electron chi connectivity index (χ0n) is 9.97. The van der Waals surface area contributed by atoms with Gasteiger partial charge in [-0.2, -0.15) is 0 Å². The van der Waals surface area contributed by atoms with Crippen molar-refractivity contribution in [1.29, 1.82) is 0 Å². The van der Waals surface area contributed by atoms with Crippen LogP contribution in [0.25, 0.3) is 11.1 Å². The number of rotatable bonds is 3. The molecule has 0 amide bonds. The van der Waals surface area contributed by atoms with Crippen molar-refractivity contribution < 1.29 is 9.84 Å². The maximum atomic E-state index is 9.66. The van der Waals surface area contributed by atoms with Crippen LogP contribution in [-0.2, 0) is 6.42 Å². The van der Waals surface area contributed by atoms with Crippen molar-refractivity contribution >= 4 is 0 Å².